The topological polar surface area (TPSA) is 89.9 Å². The van der Waals surface area contributed by atoms with Crippen LogP contribution in [-0.2, 0) is 0 Å². The minimum atomic E-state index is -0.304. The second-order valence-corrected chi connectivity index (χ2v) is 7.39. The summed E-state index contributed by atoms with van der Waals surface area (Å²) in [4.78, 5) is 20.8. The van der Waals surface area contributed by atoms with Crippen LogP contribution in [0.1, 0.15) is 35.4 Å². The van der Waals surface area contributed by atoms with Gasteiger partial charge in [0.15, 0.2) is 0 Å². The Morgan fingerprint density at radius 1 is 1.07 bits per heavy atom. The number of ether oxygens (including phenoxy) is 1. The summed E-state index contributed by atoms with van der Waals surface area (Å²) in [6, 6.07) is 17.0. The summed E-state index contributed by atoms with van der Waals surface area (Å²) in [6.45, 7) is 2.06. The van der Waals surface area contributed by atoms with Crippen LogP contribution in [0.4, 0.5) is 5.13 Å². The standard InChI is InChI=1S/C22H19N5O2S/c1-2-18(15-6-4-3-5-7-15)29-19-9-8-17(14-24-19)20(28)25-22-27-26-21(30-22)16-10-12-23-13-11-16/h3-14,18H,2H2,1H3,(H,25,27,28). The third-order valence-electron chi connectivity index (χ3n) is 4.38. The van der Waals surface area contributed by atoms with Crippen LogP contribution < -0.4 is 10.1 Å². The molecule has 0 aliphatic carbocycles. The number of anilines is 1. The van der Waals surface area contributed by atoms with Gasteiger partial charge in [0.2, 0.25) is 11.0 Å². The second kappa shape index (κ2) is 9.23. The lowest BCUT2D eigenvalue weighted by Gasteiger charge is -2.17. The van der Waals surface area contributed by atoms with Crippen LogP contribution in [0.3, 0.4) is 0 Å². The van der Waals surface area contributed by atoms with Crippen molar-refractivity contribution in [1.29, 1.82) is 0 Å². The van der Waals surface area contributed by atoms with Gasteiger partial charge >= 0.3 is 0 Å². The van der Waals surface area contributed by atoms with Gasteiger partial charge in [-0.05, 0) is 30.2 Å². The van der Waals surface area contributed by atoms with E-state index in [1.807, 2.05) is 42.5 Å². The lowest BCUT2D eigenvalue weighted by atomic mass is 10.1. The van der Waals surface area contributed by atoms with E-state index in [4.69, 9.17) is 4.74 Å². The van der Waals surface area contributed by atoms with E-state index in [9.17, 15) is 4.79 Å². The molecule has 3 aromatic heterocycles. The third-order valence-corrected chi connectivity index (χ3v) is 5.26. The Bertz CT molecular complexity index is 1100. The molecule has 0 spiro atoms. The highest BCUT2D eigenvalue weighted by molar-refractivity contribution is 7.18. The summed E-state index contributed by atoms with van der Waals surface area (Å²) < 4.78 is 5.99. The van der Waals surface area contributed by atoms with Gasteiger partial charge in [0.1, 0.15) is 11.1 Å². The molecule has 7 nitrogen and oxygen atoms in total. The fourth-order valence-corrected chi connectivity index (χ4v) is 3.58. The van der Waals surface area contributed by atoms with Gasteiger partial charge in [0.25, 0.3) is 5.91 Å². The normalized spacial score (nSPS) is 11.6. The zero-order valence-electron chi connectivity index (χ0n) is 16.2. The fraction of sp³-hybridized carbons (Fsp3) is 0.136. The van der Waals surface area contributed by atoms with Gasteiger partial charge in [-0.25, -0.2) is 4.98 Å². The van der Waals surface area contributed by atoms with Gasteiger partial charge in [-0.2, -0.15) is 0 Å². The van der Waals surface area contributed by atoms with Crippen molar-refractivity contribution in [3.8, 4) is 16.5 Å². The SMILES string of the molecule is CCC(Oc1ccc(C(=O)Nc2nnc(-c3ccncc3)s2)cn1)c1ccccc1. The molecule has 0 fully saturated rings. The number of carbonyl (C=O) groups is 1. The maximum absolute atomic E-state index is 12.5. The largest absolute Gasteiger partial charge is 0.469 e. The number of aromatic nitrogens is 4. The number of pyridine rings is 2. The molecular weight excluding hydrogens is 398 g/mol. The molecule has 4 aromatic rings. The number of benzene rings is 1. The van der Waals surface area contributed by atoms with Crippen molar-refractivity contribution in [2.75, 3.05) is 5.32 Å². The van der Waals surface area contributed by atoms with Crippen LogP contribution in [0.5, 0.6) is 5.88 Å². The molecule has 0 bridgehead atoms. The Hall–Kier alpha value is -3.65. The molecule has 1 aromatic carbocycles. The summed E-state index contributed by atoms with van der Waals surface area (Å²) in [7, 11) is 0. The maximum atomic E-state index is 12.5. The van der Waals surface area contributed by atoms with Gasteiger partial charge in [-0.3, -0.25) is 15.1 Å². The van der Waals surface area contributed by atoms with E-state index in [1.54, 1.807) is 24.5 Å². The smallest absolute Gasteiger partial charge is 0.259 e. The van der Waals surface area contributed by atoms with E-state index in [0.29, 0.717) is 21.6 Å². The van der Waals surface area contributed by atoms with Crippen LogP contribution in [0, 0.1) is 0 Å². The highest BCUT2D eigenvalue weighted by Crippen LogP contribution is 2.26. The van der Waals surface area contributed by atoms with Gasteiger partial charge in [0.05, 0.1) is 5.56 Å². The number of carbonyl (C=O) groups excluding carboxylic acids is 1. The molecule has 0 radical (unpaired) electrons. The number of hydrogen-bond donors (Lipinski definition) is 1. The van der Waals surface area contributed by atoms with Crippen molar-refractivity contribution in [1.82, 2.24) is 20.2 Å². The molecule has 0 aliphatic rings. The van der Waals surface area contributed by atoms with E-state index in [2.05, 4.69) is 32.4 Å². The zero-order valence-corrected chi connectivity index (χ0v) is 17.0. The maximum Gasteiger partial charge on any atom is 0.259 e. The Kier molecular flexibility index (Phi) is 6.05. The van der Waals surface area contributed by atoms with Crippen LogP contribution >= 0.6 is 11.3 Å². The van der Waals surface area contributed by atoms with Crippen molar-refractivity contribution < 1.29 is 9.53 Å². The average Bonchev–Trinajstić information content (AvgIpc) is 3.27. The van der Waals surface area contributed by atoms with Crippen LogP contribution in [-0.4, -0.2) is 26.1 Å². The number of nitrogens with one attached hydrogen (secondary N) is 1. The van der Waals surface area contributed by atoms with Crippen LogP contribution in [0.2, 0.25) is 0 Å². The van der Waals surface area contributed by atoms with E-state index < -0.39 is 0 Å². The first-order valence-corrected chi connectivity index (χ1v) is 10.3. The monoisotopic (exact) mass is 417 g/mol. The van der Waals surface area contributed by atoms with Crippen molar-refractivity contribution in [3.63, 3.8) is 0 Å². The molecule has 0 saturated carbocycles. The highest BCUT2D eigenvalue weighted by Gasteiger charge is 2.14. The van der Waals surface area contributed by atoms with Gasteiger partial charge < -0.3 is 4.74 Å². The Morgan fingerprint density at radius 3 is 2.57 bits per heavy atom. The minimum absolute atomic E-state index is 0.0913. The predicted octanol–water partition coefficient (Wildman–Crippen LogP) is 4.78. The molecule has 8 heteroatoms. The van der Waals surface area contributed by atoms with Crippen molar-refractivity contribution in [2.45, 2.75) is 19.4 Å². The number of rotatable bonds is 7. The Balaban J connectivity index is 1.40. The Morgan fingerprint density at radius 2 is 1.87 bits per heavy atom. The van der Waals surface area contributed by atoms with Crippen molar-refractivity contribution >= 4 is 22.4 Å². The van der Waals surface area contributed by atoms with E-state index in [-0.39, 0.29) is 12.0 Å². The molecule has 150 valence electrons. The third kappa shape index (κ3) is 4.66. The molecular formula is C22H19N5O2S. The summed E-state index contributed by atoms with van der Waals surface area (Å²) in [5.74, 6) is 0.166. The first kappa shape index (κ1) is 19.7. The lowest BCUT2D eigenvalue weighted by molar-refractivity contribution is 0.102. The molecule has 30 heavy (non-hydrogen) atoms. The number of hydrogen-bond acceptors (Lipinski definition) is 7. The van der Waals surface area contributed by atoms with Crippen molar-refractivity contribution in [3.05, 3.63) is 84.3 Å². The average molecular weight is 417 g/mol. The summed E-state index contributed by atoms with van der Waals surface area (Å²) in [6.07, 6.45) is 5.58. The van der Waals surface area contributed by atoms with E-state index in [0.717, 1.165) is 17.5 Å². The van der Waals surface area contributed by atoms with Gasteiger partial charge in [-0.15, -0.1) is 10.2 Å². The Labute approximate surface area is 177 Å². The summed E-state index contributed by atoms with van der Waals surface area (Å²) in [5, 5.41) is 12.0. The molecule has 4 rings (SSSR count). The predicted molar refractivity (Wildman–Crippen MR) is 115 cm³/mol. The van der Waals surface area contributed by atoms with E-state index in [1.165, 1.54) is 17.5 Å². The van der Waals surface area contributed by atoms with Crippen LogP contribution in [0.15, 0.2) is 73.2 Å². The molecule has 1 atom stereocenters. The fourth-order valence-electron chi connectivity index (χ4n) is 2.84. The lowest BCUT2D eigenvalue weighted by Crippen LogP contribution is -2.12. The second-order valence-electron chi connectivity index (χ2n) is 6.41. The highest BCUT2D eigenvalue weighted by atomic mass is 32.1. The molecule has 0 saturated heterocycles. The molecule has 1 amide bonds. The summed E-state index contributed by atoms with van der Waals surface area (Å²) >= 11 is 1.29. The quantitative estimate of drug-likeness (QED) is 0.465. The molecule has 1 unspecified atom stereocenters. The summed E-state index contributed by atoms with van der Waals surface area (Å²) in [5.41, 5.74) is 2.40. The molecule has 0 aliphatic heterocycles. The number of nitrogens with zero attached hydrogens (tertiary/aromatic N) is 4. The van der Waals surface area contributed by atoms with Crippen LogP contribution in [0.25, 0.3) is 10.6 Å². The van der Waals surface area contributed by atoms with Gasteiger partial charge in [-0.1, -0.05) is 48.6 Å². The first-order chi connectivity index (χ1) is 14.7. The van der Waals surface area contributed by atoms with Crippen molar-refractivity contribution in [2.24, 2.45) is 0 Å². The van der Waals surface area contributed by atoms with Gasteiger partial charge in [0, 0.05) is 30.2 Å². The molecule has 3 heterocycles. The molecule has 1 N–H and O–H groups in total. The first-order valence-electron chi connectivity index (χ1n) is 9.46. The minimum Gasteiger partial charge on any atom is -0.469 e. The number of amides is 1. The van der Waals surface area contributed by atoms with E-state index >= 15 is 0 Å². The zero-order chi connectivity index (χ0) is 20.8.